The van der Waals surface area contributed by atoms with E-state index in [0.717, 1.165) is 12.6 Å². The Hall–Kier alpha value is -0.500. The molecule has 1 heterocycles. The first kappa shape index (κ1) is 9.59. The predicted molar refractivity (Wildman–Crippen MR) is 53.1 cm³/mol. The Morgan fingerprint density at radius 3 is 2.67 bits per heavy atom. The number of nitrogens with zero attached hydrogens (tertiary/aromatic N) is 2. The summed E-state index contributed by atoms with van der Waals surface area (Å²) >= 11 is 0. The second-order valence-corrected chi connectivity index (χ2v) is 3.88. The average Bonchev–Trinajstić information content (AvgIpc) is 2.50. The van der Waals surface area contributed by atoms with E-state index in [9.17, 15) is 0 Å². The SMILES string of the molecule is C=CN1CC[C@@H](N(C)C(C)C)C1. The summed E-state index contributed by atoms with van der Waals surface area (Å²) in [5, 5.41) is 0. The van der Waals surface area contributed by atoms with Crippen LogP contribution in [0.4, 0.5) is 0 Å². The lowest BCUT2D eigenvalue weighted by atomic mass is 10.2. The van der Waals surface area contributed by atoms with Gasteiger partial charge in [0.1, 0.15) is 0 Å². The molecular weight excluding hydrogens is 148 g/mol. The maximum atomic E-state index is 3.79. The van der Waals surface area contributed by atoms with Crippen LogP contribution in [0.15, 0.2) is 12.8 Å². The van der Waals surface area contributed by atoms with Gasteiger partial charge in [-0.2, -0.15) is 0 Å². The minimum absolute atomic E-state index is 0.653. The van der Waals surface area contributed by atoms with Crippen LogP contribution in [0.25, 0.3) is 0 Å². The summed E-state index contributed by atoms with van der Waals surface area (Å²) in [5.74, 6) is 0. The van der Waals surface area contributed by atoms with E-state index in [1.807, 2.05) is 6.20 Å². The summed E-state index contributed by atoms with van der Waals surface area (Å²) in [6.07, 6.45) is 3.23. The maximum absolute atomic E-state index is 3.79. The Labute approximate surface area is 75.8 Å². The number of likely N-dealkylation sites (N-methyl/N-ethyl adjacent to an activating group) is 1. The van der Waals surface area contributed by atoms with Crippen molar-refractivity contribution in [3.05, 3.63) is 12.8 Å². The molecule has 1 aliphatic rings. The highest BCUT2D eigenvalue weighted by atomic mass is 15.2. The van der Waals surface area contributed by atoms with Crippen molar-refractivity contribution in [2.75, 3.05) is 20.1 Å². The summed E-state index contributed by atoms with van der Waals surface area (Å²) in [7, 11) is 2.21. The van der Waals surface area contributed by atoms with Crippen LogP contribution in [0.1, 0.15) is 20.3 Å². The first-order chi connectivity index (χ1) is 5.65. The Bertz CT molecular complexity index is 154. The fourth-order valence-corrected chi connectivity index (χ4v) is 1.69. The highest BCUT2D eigenvalue weighted by molar-refractivity contribution is 4.87. The van der Waals surface area contributed by atoms with Crippen LogP contribution < -0.4 is 0 Å². The van der Waals surface area contributed by atoms with Crippen LogP contribution in [-0.2, 0) is 0 Å². The molecule has 0 aliphatic carbocycles. The van der Waals surface area contributed by atoms with E-state index in [4.69, 9.17) is 0 Å². The number of likely N-dealkylation sites (tertiary alicyclic amines) is 1. The Kier molecular flexibility index (Phi) is 3.15. The standard InChI is InChI=1S/C10H20N2/c1-5-12-7-6-10(8-12)11(4)9(2)3/h5,9-10H,1,6-8H2,2-4H3/t10-/m1/s1. The fraction of sp³-hybridized carbons (Fsp3) is 0.800. The van der Waals surface area contributed by atoms with E-state index in [1.165, 1.54) is 13.0 Å². The van der Waals surface area contributed by atoms with Crippen molar-refractivity contribution >= 4 is 0 Å². The summed E-state index contributed by atoms with van der Waals surface area (Å²) < 4.78 is 0. The van der Waals surface area contributed by atoms with E-state index in [1.54, 1.807) is 0 Å². The van der Waals surface area contributed by atoms with E-state index < -0.39 is 0 Å². The molecule has 0 N–H and O–H groups in total. The van der Waals surface area contributed by atoms with Crippen LogP contribution in [0.2, 0.25) is 0 Å². The molecule has 0 aromatic heterocycles. The molecule has 0 aromatic rings. The van der Waals surface area contributed by atoms with E-state index in [2.05, 4.69) is 37.3 Å². The second kappa shape index (κ2) is 3.94. The van der Waals surface area contributed by atoms with Crippen LogP contribution in [0, 0.1) is 0 Å². The Morgan fingerprint density at radius 1 is 1.58 bits per heavy atom. The van der Waals surface area contributed by atoms with Gasteiger partial charge in [0, 0.05) is 25.2 Å². The largest absolute Gasteiger partial charge is 0.376 e. The minimum atomic E-state index is 0.653. The van der Waals surface area contributed by atoms with Gasteiger partial charge in [-0.05, 0) is 33.5 Å². The average molecular weight is 168 g/mol. The van der Waals surface area contributed by atoms with Crippen molar-refractivity contribution in [1.82, 2.24) is 9.80 Å². The first-order valence-corrected chi connectivity index (χ1v) is 4.73. The van der Waals surface area contributed by atoms with Gasteiger partial charge in [-0.1, -0.05) is 6.58 Å². The van der Waals surface area contributed by atoms with Crippen molar-refractivity contribution in [2.24, 2.45) is 0 Å². The fourth-order valence-electron chi connectivity index (χ4n) is 1.69. The molecule has 1 saturated heterocycles. The van der Waals surface area contributed by atoms with Crippen LogP contribution in [0.5, 0.6) is 0 Å². The van der Waals surface area contributed by atoms with Crippen LogP contribution >= 0.6 is 0 Å². The zero-order chi connectivity index (χ0) is 9.14. The Morgan fingerprint density at radius 2 is 2.25 bits per heavy atom. The van der Waals surface area contributed by atoms with Gasteiger partial charge in [0.25, 0.3) is 0 Å². The van der Waals surface area contributed by atoms with Gasteiger partial charge in [-0.25, -0.2) is 0 Å². The Balaban J connectivity index is 2.40. The molecule has 0 bridgehead atoms. The van der Waals surface area contributed by atoms with Gasteiger partial charge in [0.15, 0.2) is 0 Å². The highest BCUT2D eigenvalue weighted by Gasteiger charge is 2.24. The van der Waals surface area contributed by atoms with Gasteiger partial charge >= 0.3 is 0 Å². The molecule has 0 aromatic carbocycles. The number of hydrogen-bond acceptors (Lipinski definition) is 2. The third-order valence-corrected chi connectivity index (χ3v) is 2.84. The molecule has 1 atom stereocenters. The molecule has 2 heteroatoms. The van der Waals surface area contributed by atoms with Gasteiger partial charge < -0.3 is 4.90 Å². The molecule has 1 aliphatic heterocycles. The summed E-state index contributed by atoms with van der Waals surface area (Å²) in [6.45, 7) is 10.6. The van der Waals surface area contributed by atoms with Crippen molar-refractivity contribution in [1.29, 1.82) is 0 Å². The number of hydrogen-bond donors (Lipinski definition) is 0. The molecule has 0 saturated carbocycles. The van der Waals surface area contributed by atoms with Crippen LogP contribution in [-0.4, -0.2) is 42.0 Å². The quantitative estimate of drug-likeness (QED) is 0.631. The second-order valence-electron chi connectivity index (χ2n) is 3.88. The molecule has 0 radical (unpaired) electrons. The van der Waals surface area contributed by atoms with Crippen molar-refractivity contribution in [3.63, 3.8) is 0 Å². The van der Waals surface area contributed by atoms with Gasteiger partial charge in [-0.15, -0.1) is 0 Å². The lowest BCUT2D eigenvalue weighted by molar-refractivity contribution is 0.200. The van der Waals surface area contributed by atoms with Crippen molar-refractivity contribution < 1.29 is 0 Å². The predicted octanol–water partition coefficient (Wildman–Crippen LogP) is 1.54. The lowest BCUT2D eigenvalue weighted by Crippen LogP contribution is -2.38. The normalized spacial score (nSPS) is 24.1. The smallest absolute Gasteiger partial charge is 0.0329 e. The molecule has 0 unspecified atom stereocenters. The third kappa shape index (κ3) is 2.01. The maximum Gasteiger partial charge on any atom is 0.0329 e. The zero-order valence-electron chi connectivity index (χ0n) is 8.45. The number of rotatable bonds is 3. The zero-order valence-corrected chi connectivity index (χ0v) is 8.45. The molecule has 0 spiro atoms. The van der Waals surface area contributed by atoms with Crippen molar-refractivity contribution in [2.45, 2.75) is 32.4 Å². The summed E-state index contributed by atoms with van der Waals surface area (Å²) in [6, 6.07) is 1.38. The molecule has 0 amide bonds. The van der Waals surface area contributed by atoms with Gasteiger partial charge in [0.2, 0.25) is 0 Å². The highest BCUT2D eigenvalue weighted by Crippen LogP contribution is 2.15. The lowest BCUT2D eigenvalue weighted by Gasteiger charge is -2.27. The molecular formula is C10H20N2. The minimum Gasteiger partial charge on any atom is -0.376 e. The molecule has 70 valence electrons. The third-order valence-electron chi connectivity index (χ3n) is 2.84. The summed E-state index contributed by atoms with van der Waals surface area (Å²) in [5.41, 5.74) is 0. The van der Waals surface area contributed by atoms with E-state index in [0.29, 0.717) is 6.04 Å². The molecule has 2 nitrogen and oxygen atoms in total. The summed E-state index contributed by atoms with van der Waals surface area (Å²) in [4.78, 5) is 4.74. The van der Waals surface area contributed by atoms with Crippen molar-refractivity contribution in [3.8, 4) is 0 Å². The first-order valence-electron chi connectivity index (χ1n) is 4.73. The topological polar surface area (TPSA) is 6.48 Å². The molecule has 1 fully saturated rings. The monoisotopic (exact) mass is 168 g/mol. The van der Waals surface area contributed by atoms with Gasteiger partial charge in [0.05, 0.1) is 0 Å². The molecule has 1 rings (SSSR count). The van der Waals surface area contributed by atoms with E-state index in [-0.39, 0.29) is 0 Å². The van der Waals surface area contributed by atoms with Gasteiger partial charge in [-0.3, -0.25) is 4.90 Å². The van der Waals surface area contributed by atoms with Crippen LogP contribution in [0.3, 0.4) is 0 Å². The molecule has 12 heavy (non-hydrogen) atoms. The van der Waals surface area contributed by atoms with E-state index >= 15 is 0 Å².